The van der Waals surface area contributed by atoms with Gasteiger partial charge in [0.05, 0.1) is 0 Å². The lowest BCUT2D eigenvalue weighted by Crippen LogP contribution is -2.37. The Morgan fingerprint density at radius 3 is 2.94 bits per heavy atom. The third-order valence-corrected chi connectivity index (χ3v) is 3.01. The van der Waals surface area contributed by atoms with Crippen molar-refractivity contribution >= 4 is 39.1 Å². The Balaban J connectivity index is 2.64. The van der Waals surface area contributed by atoms with E-state index in [-0.39, 0.29) is 11.9 Å². The van der Waals surface area contributed by atoms with Crippen LogP contribution < -0.4 is 10.6 Å². The van der Waals surface area contributed by atoms with Crippen LogP contribution in [0.2, 0.25) is 5.02 Å². The molecule has 0 aliphatic carbocycles. The van der Waals surface area contributed by atoms with Crippen LogP contribution in [0.1, 0.15) is 6.92 Å². The van der Waals surface area contributed by atoms with Crippen LogP contribution in [0.5, 0.6) is 0 Å². The number of halogens is 2. The quantitative estimate of drug-likeness (QED) is 0.819. The van der Waals surface area contributed by atoms with Gasteiger partial charge < -0.3 is 10.6 Å². The number of amides is 1. The summed E-state index contributed by atoms with van der Waals surface area (Å²) in [5.74, 6) is -0.0771. The van der Waals surface area contributed by atoms with Gasteiger partial charge in [0.1, 0.15) is 6.04 Å². The van der Waals surface area contributed by atoms with Crippen molar-refractivity contribution in [3.05, 3.63) is 40.3 Å². The van der Waals surface area contributed by atoms with Gasteiger partial charge in [0, 0.05) is 21.7 Å². The number of carbonyl (C=O) groups excluding carboxylic acids is 1. The molecule has 0 aromatic heterocycles. The molecule has 5 heteroatoms. The smallest absolute Gasteiger partial charge is 0.242 e. The monoisotopic (exact) mass is 316 g/mol. The number of nitrogens with one attached hydrogen (secondary N) is 2. The SMILES string of the molecule is C=CCNC(=O)C(C)Nc1ccc(Cl)cc1Br. The van der Waals surface area contributed by atoms with Crippen molar-refractivity contribution in [2.45, 2.75) is 13.0 Å². The summed E-state index contributed by atoms with van der Waals surface area (Å²) in [6.07, 6.45) is 1.64. The Bertz CT molecular complexity index is 423. The zero-order chi connectivity index (χ0) is 12.8. The van der Waals surface area contributed by atoms with E-state index in [1.54, 1.807) is 25.1 Å². The number of anilines is 1. The summed E-state index contributed by atoms with van der Waals surface area (Å²) >= 11 is 9.22. The van der Waals surface area contributed by atoms with Gasteiger partial charge in [-0.2, -0.15) is 0 Å². The lowest BCUT2D eigenvalue weighted by molar-refractivity contribution is -0.121. The number of benzene rings is 1. The van der Waals surface area contributed by atoms with Crippen LogP contribution in [0, 0.1) is 0 Å². The Kier molecular flexibility index (Phi) is 5.51. The molecule has 0 bridgehead atoms. The summed E-state index contributed by atoms with van der Waals surface area (Å²) in [6, 6.07) is 5.04. The van der Waals surface area contributed by atoms with Crippen LogP contribution >= 0.6 is 27.5 Å². The summed E-state index contributed by atoms with van der Waals surface area (Å²) in [5.41, 5.74) is 0.829. The van der Waals surface area contributed by atoms with Crippen molar-refractivity contribution in [2.75, 3.05) is 11.9 Å². The second kappa shape index (κ2) is 6.67. The maximum atomic E-state index is 11.6. The molecule has 2 N–H and O–H groups in total. The molecular formula is C12H14BrClN2O. The van der Waals surface area contributed by atoms with Crippen LogP contribution in [0.15, 0.2) is 35.3 Å². The standard InChI is InChI=1S/C12H14BrClN2O/c1-3-6-15-12(17)8(2)16-11-5-4-9(14)7-10(11)13/h3-5,7-8,16H,1,6H2,2H3,(H,15,17). The normalized spacial score (nSPS) is 11.7. The number of rotatable bonds is 5. The number of carbonyl (C=O) groups is 1. The third-order valence-electron chi connectivity index (χ3n) is 2.12. The highest BCUT2D eigenvalue weighted by molar-refractivity contribution is 9.10. The van der Waals surface area contributed by atoms with Crippen molar-refractivity contribution in [1.29, 1.82) is 0 Å². The molecule has 1 amide bonds. The van der Waals surface area contributed by atoms with E-state index in [9.17, 15) is 4.79 Å². The van der Waals surface area contributed by atoms with Gasteiger partial charge in [-0.15, -0.1) is 6.58 Å². The van der Waals surface area contributed by atoms with E-state index in [0.29, 0.717) is 11.6 Å². The fourth-order valence-corrected chi connectivity index (χ4v) is 2.03. The van der Waals surface area contributed by atoms with Crippen molar-refractivity contribution in [2.24, 2.45) is 0 Å². The molecule has 0 fully saturated rings. The molecule has 0 spiro atoms. The molecule has 92 valence electrons. The fraction of sp³-hybridized carbons (Fsp3) is 0.250. The highest BCUT2D eigenvalue weighted by Crippen LogP contribution is 2.26. The second-order valence-corrected chi connectivity index (χ2v) is 4.81. The first kappa shape index (κ1) is 14.1. The first-order valence-electron chi connectivity index (χ1n) is 5.14. The lowest BCUT2D eigenvalue weighted by Gasteiger charge is -2.15. The van der Waals surface area contributed by atoms with E-state index >= 15 is 0 Å². The van der Waals surface area contributed by atoms with Gasteiger partial charge >= 0.3 is 0 Å². The molecule has 0 saturated heterocycles. The van der Waals surface area contributed by atoms with Crippen LogP contribution in [0.4, 0.5) is 5.69 Å². The second-order valence-electron chi connectivity index (χ2n) is 3.52. The average Bonchev–Trinajstić information content (AvgIpc) is 2.29. The molecule has 1 unspecified atom stereocenters. The molecule has 0 heterocycles. The van der Waals surface area contributed by atoms with Gasteiger partial charge in [-0.05, 0) is 41.1 Å². The van der Waals surface area contributed by atoms with Crippen LogP contribution in [-0.4, -0.2) is 18.5 Å². The fourth-order valence-electron chi connectivity index (χ4n) is 1.23. The number of hydrogen-bond donors (Lipinski definition) is 2. The minimum absolute atomic E-state index is 0.0771. The van der Waals surface area contributed by atoms with E-state index in [1.165, 1.54) is 0 Å². The van der Waals surface area contributed by atoms with Gasteiger partial charge in [0.25, 0.3) is 0 Å². The first-order chi connectivity index (χ1) is 8.04. The third kappa shape index (κ3) is 4.40. The minimum atomic E-state index is -0.326. The Morgan fingerprint density at radius 2 is 2.35 bits per heavy atom. The van der Waals surface area contributed by atoms with Crippen LogP contribution in [-0.2, 0) is 4.79 Å². The summed E-state index contributed by atoms with van der Waals surface area (Å²) in [4.78, 5) is 11.6. The molecule has 1 aromatic carbocycles. The van der Waals surface area contributed by atoms with Gasteiger partial charge in [-0.25, -0.2) is 0 Å². The maximum Gasteiger partial charge on any atom is 0.242 e. The summed E-state index contributed by atoms with van der Waals surface area (Å²) in [7, 11) is 0. The van der Waals surface area contributed by atoms with Gasteiger partial charge in [-0.1, -0.05) is 17.7 Å². The molecule has 17 heavy (non-hydrogen) atoms. The van der Waals surface area contributed by atoms with Crippen molar-refractivity contribution in [3.63, 3.8) is 0 Å². The number of hydrogen-bond acceptors (Lipinski definition) is 2. The van der Waals surface area contributed by atoms with Crippen LogP contribution in [0.3, 0.4) is 0 Å². The summed E-state index contributed by atoms with van der Waals surface area (Å²) in [5, 5.41) is 6.46. The maximum absolute atomic E-state index is 11.6. The Hall–Kier alpha value is -1.000. The lowest BCUT2D eigenvalue weighted by atomic mass is 10.2. The molecule has 1 atom stereocenters. The molecule has 3 nitrogen and oxygen atoms in total. The molecule has 1 aromatic rings. The highest BCUT2D eigenvalue weighted by Gasteiger charge is 2.12. The predicted molar refractivity (Wildman–Crippen MR) is 75.4 cm³/mol. The van der Waals surface area contributed by atoms with Crippen LogP contribution in [0.25, 0.3) is 0 Å². The Morgan fingerprint density at radius 1 is 1.65 bits per heavy atom. The molecular weight excluding hydrogens is 304 g/mol. The molecule has 0 aliphatic rings. The summed E-state index contributed by atoms with van der Waals surface area (Å²) < 4.78 is 0.827. The van der Waals surface area contributed by atoms with E-state index in [4.69, 9.17) is 11.6 Å². The molecule has 1 rings (SSSR count). The zero-order valence-electron chi connectivity index (χ0n) is 9.47. The minimum Gasteiger partial charge on any atom is -0.373 e. The van der Waals surface area contributed by atoms with E-state index in [2.05, 4.69) is 33.1 Å². The van der Waals surface area contributed by atoms with Gasteiger partial charge in [-0.3, -0.25) is 4.79 Å². The Labute approximate surface area is 114 Å². The average molecular weight is 318 g/mol. The van der Waals surface area contributed by atoms with Crippen molar-refractivity contribution in [1.82, 2.24) is 5.32 Å². The summed E-state index contributed by atoms with van der Waals surface area (Å²) in [6.45, 7) is 5.80. The zero-order valence-corrected chi connectivity index (χ0v) is 11.8. The van der Waals surface area contributed by atoms with Gasteiger partial charge in [0.2, 0.25) is 5.91 Å². The van der Waals surface area contributed by atoms with E-state index in [1.807, 2.05) is 6.07 Å². The highest BCUT2D eigenvalue weighted by atomic mass is 79.9. The first-order valence-corrected chi connectivity index (χ1v) is 6.32. The van der Waals surface area contributed by atoms with Crippen molar-refractivity contribution < 1.29 is 4.79 Å². The van der Waals surface area contributed by atoms with E-state index < -0.39 is 0 Å². The molecule has 0 saturated carbocycles. The van der Waals surface area contributed by atoms with Crippen molar-refractivity contribution in [3.8, 4) is 0 Å². The topological polar surface area (TPSA) is 41.1 Å². The van der Waals surface area contributed by atoms with E-state index in [0.717, 1.165) is 10.2 Å². The molecule has 0 radical (unpaired) electrons. The van der Waals surface area contributed by atoms with Gasteiger partial charge in [0.15, 0.2) is 0 Å². The molecule has 0 aliphatic heterocycles. The largest absolute Gasteiger partial charge is 0.373 e. The predicted octanol–water partition coefficient (Wildman–Crippen LogP) is 3.21.